The monoisotopic (exact) mass is 443 g/mol. The molecule has 3 rings (SSSR count). The molecular formula is C26H41N3O3. The topological polar surface area (TPSA) is 53.1 Å². The van der Waals surface area contributed by atoms with Gasteiger partial charge in [-0.3, -0.25) is 14.5 Å². The van der Waals surface area contributed by atoms with Crippen molar-refractivity contribution in [3.8, 4) is 0 Å². The van der Waals surface area contributed by atoms with E-state index in [-0.39, 0.29) is 11.8 Å². The first-order valence-electron chi connectivity index (χ1n) is 12.6. The van der Waals surface area contributed by atoms with Gasteiger partial charge in [0.2, 0.25) is 5.91 Å². The van der Waals surface area contributed by atoms with Crippen molar-refractivity contribution in [3.63, 3.8) is 0 Å². The Hall–Kier alpha value is -1.92. The van der Waals surface area contributed by atoms with Gasteiger partial charge in [-0.25, -0.2) is 0 Å². The third kappa shape index (κ3) is 6.32. The first-order chi connectivity index (χ1) is 15.5. The third-order valence-corrected chi connectivity index (χ3v) is 6.96. The quantitative estimate of drug-likeness (QED) is 0.689. The second-order valence-corrected chi connectivity index (χ2v) is 9.07. The van der Waals surface area contributed by atoms with Crippen LogP contribution in [0.4, 0.5) is 5.69 Å². The molecule has 1 aromatic carbocycles. The van der Waals surface area contributed by atoms with Crippen LogP contribution in [-0.2, 0) is 16.1 Å². The Labute approximate surface area is 193 Å². The van der Waals surface area contributed by atoms with Gasteiger partial charge in [-0.15, -0.1) is 0 Å². The summed E-state index contributed by atoms with van der Waals surface area (Å²) in [7, 11) is 0. The van der Waals surface area contributed by atoms with Crippen LogP contribution < -0.4 is 4.90 Å². The molecule has 2 aliphatic rings. The molecule has 1 fully saturated rings. The molecule has 0 saturated carbocycles. The molecule has 0 radical (unpaired) electrons. The molecule has 1 aromatic rings. The number of rotatable bonds is 4. The van der Waals surface area contributed by atoms with Crippen LogP contribution in [0, 0.1) is 0 Å². The van der Waals surface area contributed by atoms with E-state index in [1.165, 1.54) is 19.3 Å². The molecule has 2 amide bonds. The Bertz CT molecular complexity index is 757. The summed E-state index contributed by atoms with van der Waals surface area (Å²) >= 11 is 0. The number of carbonyl (C=O) groups is 2. The van der Waals surface area contributed by atoms with Crippen molar-refractivity contribution in [2.75, 3.05) is 44.3 Å². The highest BCUT2D eigenvalue weighted by atomic mass is 16.5. The summed E-state index contributed by atoms with van der Waals surface area (Å²) in [5.41, 5.74) is 2.77. The van der Waals surface area contributed by atoms with E-state index in [2.05, 4.69) is 4.90 Å². The summed E-state index contributed by atoms with van der Waals surface area (Å²) in [6.45, 7) is 11.3. The number of hydrogen-bond donors (Lipinski definition) is 0. The fourth-order valence-electron chi connectivity index (χ4n) is 5.02. The summed E-state index contributed by atoms with van der Waals surface area (Å²) in [5, 5.41) is 0. The molecule has 2 aliphatic heterocycles. The number of amides is 2. The van der Waals surface area contributed by atoms with Crippen LogP contribution in [-0.4, -0.2) is 67.0 Å². The molecule has 178 valence electrons. The second kappa shape index (κ2) is 12.4. The minimum absolute atomic E-state index is 0.0657. The maximum absolute atomic E-state index is 13.1. The lowest BCUT2D eigenvalue weighted by molar-refractivity contribution is -0.116. The van der Waals surface area contributed by atoms with Gasteiger partial charge >= 0.3 is 0 Å². The highest BCUT2D eigenvalue weighted by Crippen LogP contribution is 2.28. The summed E-state index contributed by atoms with van der Waals surface area (Å²) in [6.07, 6.45) is 7.90. The minimum atomic E-state index is 0.0657. The van der Waals surface area contributed by atoms with E-state index in [4.69, 9.17) is 4.74 Å². The van der Waals surface area contributed by atoms with Crippen molar-refractivity contribution in [2.45, 2.75) is 78.3 Å². The zero-order valence-corrected chi connectivity index (χ0v) is 20.3. The number of nitrogens with zero attached hydrogens (tertiary/aromatic N) is 3. The molecule has 0 aliphatic carbocycles. The lowest BCUT2D eigenvalue weighted by Crippen LogP contribution is -2.40. The predicted octanol–water partition coefficient (Wildman–Crippen LogP) is 4.47. The van der Waals surface area contributed by atoms with Gasteiger partial charge in [0.15, 0.2) is 0 Å². The van der Waals surface area contributed by atoms with Gasteiger partial charge in [-0.1, -0.05) is 19.3 Å². The molecule has 2 heterocycles. The number of anilines is 1. The molecule has 0 N–H and O–H groups in total. The van der Waals surface area contributed by atoms with E-state index in [0.717, 1.165) is 75.3 Å². The van der Waals surface area contributed by atoms with Gasteiger partial charge < -0.3 is 14.5 Å². The molecular weight excluding hydrogens is 402 g/mol. The maximum Gasteiger partial charge on any atom is 0.253 e. The first-order valence-corrected chi connectivity index (χ1v) is 12.6. The van der Waals surface area contributed by atoms with Gasteiger partial charge in [-0.2, -0.15) is 0 Å². The minimum Gasteiger partial charge on any atom is -0.381 e. The van der Waals surface area contributed by atoms with E-state index in [1.807, 2.05) is 41.8 Å². The van der Waals surface area contributed by atoms with Crippen LogP contribution in [0.15, 0.2) is 18.2 Å². The number of hydrogen-bond acceptors (Lipinski definition) is 4. The van der Waals surface area contributed by atoms with Crippen LogP contribution in [0.5, 0.6) is 0 Å². The molecule has 0 spiro atoms. The van der Waals surface area contributed by atoms with Crippen molar-refractivity contribution >= 4 is 17.5 Å². The van der Waals surface area contributed by atoms with Gasteiger partial charge in [0.25, 0.3) is 5.91 Å². The molecule has 0 bridgehead atoms. The van der Waals surface area contributed by atoms with Crippen molar-refractivity contribution in [3.05, 3.63) is 29.3 Å². The Morgan fingerprint density at radius 2 is 1.66 bits per heavy atom. The van der Waals surface area contributed by atoms with Crippen LogP contribution in [0.3, 0.4) is 0 Å². The fourth-order valence-corrected chi connectivity index (χ4v) is 5.02. The standard InChI is InChI=1S/C26H41N3O3/c1-4-27(5-2)26(31)22-11-12-25-23(19-22)20-28(24-13-17-32-18-14-24)15-9-7-6-8-10-16-29(25)21(3)30/h11-12,19,24H,4-10,13-18,20H2,1-3H3. The molecule has 6 nitrogen and oxygen atoms in total. The van der Waals surface area contributed by atoms with Gasteiger partial charge in [0.1, 0.15) is 0 Å². The Kier molecular flexibility index (Phi) is 9.54. The van der Waals surface area contributed by atoms with E-state index >= 15 is 0 Å². The van der Waals surface area contributed by atoms with Crippen molar-refractivity contribution in [1.29, 1.82) is 0 Å². The normalized spacial score (nSPS) is 19.5. The average molecular weight is 444 g/mol. The lowest BCUT2D eigenvalue weighted by atomic mass is 10.0. The smallest absolute Gasteiger partial charge is 0.253 e. The van der Waals surface area contributed by atoms with Crippen LogP contribution in [0.2, 0.25) is 0 Å². The van der Waals surface area contributed by atoms with E-state index in [1.54, 1.807) is 6.92 Å². The number of carbonyl (C=O) groups excluding carboxylic acids is 2. The molecule has 0 unspecified atom stereocenters. The molecule has 0 atom stereocenters. The largest absolute Gasteiger partial charge is 0.381 e. The fraction of sp³-hybridized carbons (Fsp3) is 0.692. The SMILES string of the molecule is CCN(CC)C(=O)c1ccc2c(c1)CN(C1CCOCC1)CCCCCCCN2C(C)=O. The number of ether oxygens (including phenoxy) is 1. The van der Waals surface area contributed by atoms with Crippen molar-refractivity contribution in [2.24, 2.45) is 0 Å². The van der Waals surface area contributed by atoms with Gasteiger partial charge in [-0.05, 0) is 69.8 Å². The Morgan fingerprint density at radius 3 is 2.31 bits per heavy atom. The zero-order chi connectivity index (χ0) is 22.9. The summed E-state index contributed by atoms with van der Waals surface area (Å²) < 4.78 is 5.62. The van der Waals surface area contributed by atoms with E-state index < -0.39 is 0 Å². The maximum atomic E-state index is 13.1. The number of fused-ring (bicyclic) bond motifs is 1. The Balaban J connectivity index is 1.99. The van der Waals surface area contributed by atoms with Crippen molar-refractivity contribution in [1.82, 2.24) is 9.80 Å². The van der Waals surface area contributed by atoms with Crippen LogP contribution >= 0.6 is 0 Å². The van der Waals surface area contributed by atoms with E-state index in [9.17, 15) is 9.59 Å². The zero-order valence-electron chi connectivity index (χ0n) is 20.3. The van der Waals surface area contributed by atoms with Gasteiger partial charge in [0.05, 0.1) is 0 Å². The average Bonchev–Trinajstić information content (AvgIpc) is 2.80. The molecule has 1 saturated heterocycles. The molecule has 32 heavy (non-hydrogen) atoms. The second-order valence-electron chi connectivity index (χ2n) is 9.07. The molecule has 0 aromatic heterocycles. The van der Waals surface area contributed by atoms with E-state index in [0.29, 0.717) is 19.1 Å². The predicted molar refractivity (Wildman–Crippen MR) is 129 cm³/mol. The summed E-state index contributed by atoms with van der Waals surface area (Å²) in [5.74, 6) is 0.139. The summed E-state index contributed by atoms with van der Waals surface area (Å²) in [6, 6.07) is 6.44. The molecule has 6 heteroatoms. The van der Waals surface area contributed by atoms with Crippen LogP contribution in [0.25, 0.3) is 0 Å². The lowest BCUT2D eigenvalue weighted by Gasteiger charge is -2.36. The third-order valence-electron chi connectivity index (χ3n) is 6.96. The van der Waals surface area contributed by atoms with Crippen molar-refractivity contribution < 1.29 is 14.3 Å². The highest BCUT2D eigenvalue weighted by molar-refractivity contribution is 5.97. The Morgan fingerprint density at radius 1 is 1.00 bits per heavy atom. The highest BCUT2D eigenvalue weighted by Gasteiger charge is 2.25. The number of benzene rings is 1. The van der Waals surface area contributed by atoms with Crippen LogP contribution in [0.1, 0.15) is 81.6 Å². The summed E-state index contributed by atoms with van der Waals surface area (Å²) in [4.78, 5) is 32.0. The van der Waals surface area contributed by atoms with Gasteiger partial charge in [0, 0.05) is 63.6 Å². The first kappa shape index (κ1) is 24.7.